The van der Waals surface area contributed by atoms with Crippen LogP contribution in [0.3, 0.4) is 0 Å². The largest absolute Gasteiger partial charge is 0.383 e. The van der Waals surface area contributed by atoms with Crippen LogP contribution >= 0.6 is 0 Å². The Kier molecular flexibility index (Phi) is 6.04. The molecule has 2 N–H and O–H groups in total. The molecule has 8 nitrogen and oxygen atoms in total. The quantitative estimate of drug-likeness (QED) is 0.771. The minimum absolute atomic E-state index is 0.125. The van der Waals surface area contributed by atoms with E-state index in [0.717, 1.165) is 5.56 Å². The van der Waals surface area contributed by atoms with Crippen LogP contribution < -0.4 is 10.6 Å². The van der Waals surface area contributed by atoms with E-state index >= 15 is 0 Å². The molecular weight excluding hydrogens is 300 g/mol. The smallest absolute Gasteiger partial charge is 0.322 e. The van der Waals surface area contributed by atoms with Crippen LogP contribution in [0.15, 0.2) is 24.5 Å². The number of amides is 4. The van der Waals surface area contributed by atoms with Gasteiger partial charge in [0.25, 0.3) is 0 Å². The van der Waals surface area contributed by atoms with Gasteiger partial charge in [0.2, 0.25) is 11.8 Å². The van der Waals surface area contributed by atoms with Gasteiger partial charge in [0.1, 0.15) is 6.04 Å². The van der Waals surface area contributed by atoms with Gasteiger partial charge in [0, 0.05) is 39.0 Å². The number of urea groups is 1. The van der Waals surface area contributed by atoms with E-state index in [1.165, 1.54) is 0 Å². The third kappa shape index (κ3) is 5.03. The molecule has 0 bridgehead atoms. The molecule has 1 aromatic heterocycles. The number of hydrogen-bond acceptors (Lipinski definition) is 5. The SMILES string of the molecule is COCCN(Cc1cccnc1)C(=O)[C@H]1CCC(=O)NC(=O)N1. The standard InChI is InChI=1S/C15H20N4O4/c1-23-8-7-19(10-11-3-2-6-16-9-11)14(21)12-4-5-13(20)18-15(22)17-12/h2-3,6,9,12H,4-5,7-8,10H2,1H3,(H2,17,18,20,22)/t12-/m1/s1. The number of nitrogens with one attached hydrogen (secondary N) is 2. The van der Waals surface area contributed by atoms with Crippen molar-refractivity contribution in [2.45, 2.75) is 25.4 Å². The van der Waals surface area contributed by atoms with Crippen LogP contribution in [0.4, 0.5) is 4.79 Å². The van der Waals surface area contributed by atoms with Gasteiger partial charge in [-0.05, 0) is 18.1 Å². The number of carbonyl (C=O) groups is 3. The summed E-state index contributed by atoms with van der Waals surface area (Å²) in [6, 6.07) is 2.30. The zero-order valence-electron chi connectivity index (χ0n) is 12.9. The van der Waals surface area contributed by atoms with Crippen molar-refractivity contribution in [3.8, 4) is 0 Å². The van der Waals surface area contributed by atoms with Crippen LogP contribution in [0.5, 0.6) is 0 Å². The second kappa shape index (κ2) is 8.23. The zero-order valence-corrected chi connectivity index (χ0v) is 12.9. The molecule has 1 aliphatic heterocycles. The Balaban J connectivity index is 2.08. The van der Waals surface area contributed by atoms with Crippen molar-refractivity contribution in [2.24, 2.45) is 0 Å². The first-order valence-electron chi connectivity index (χ1n) is 7.37. The van der Waals surface area contributed by atoms with Crippen molar-refractivity contribution in [1.29, 1.82) is 0 Å². The van der Waals surface area contributed by atoms with E-state index in [0.29, 0.717) is 19.7 Å². The van der Waals surface area contributed by atoms with Gasteiger partial charge < -0.3 is 15.0 Å². The third-order valence-corrected chi connectivity index (χ3v) is 3.49. The third-order valence-electron chi connectivity index (χ3n) is 3.49. The number of aromatic nitrogens is 1. The molecule has 4 amide bonds. The number of carbonyl (C=O) groups excluding carboxylic acids is 3. The van der Waals surface area contributed by atoms with E-state index in [-0.39, 0.29) is 24.7 Å². The maximum absolute atomic E-state index is 12.7. The summed E-state index contributed by atoms with van der Waals surface area (Å²) < 4.78 is 5.05. The molecule has 1 saturated heterocycles. The summed E-state index contributed by atoms with van der Waals surface area (Å²) in [6.45, 7) is 1.13. The topological polar surface area (TPSA) is 101 Å². The lowest BCUT2D eigenvalue weighted by Gasteiger charge is -2.26. The molecule has 2 heterocycles. The van der Waals surface area contributed by atoms with Crippen molar-refractivity contribution >= 4 is 17.8 Å². The minimum Gasteiger partial charge on any atom is -0.383 e. The molecule has 23 heavy (non-hydrogen) atoms. The molecule has 0 aromatic carbocycles. The highest BCUT2D eigenvalue weighted by Crippen LogP contribution is 2.10. The Morgan fingerprint density at radius 3 is 3.00 bits per heavy atom. The molecule has 1 atom stereocenters. The molecule has 124 valence electrons. The Morgan fingerprint density at radius 2 is 2.30 bits per heavy atom. The Bertz CT molecular complexity index is 564. The van der Waals surface area contributed by atoms with Crippen molar-refractivity contribution in [2.75, 3.05) is 20.3 Å². The average Bonchev–Trinajstić information content (AvgIpc) is 2.72. The van der Waals surface area contributed by atoms with Gasteiger partial charge in [-0.25, -0.2) is 4.79 Å². The van der Waals surface area contributed by atoms with Crippen LogP contribution in [0.1, 0.15) is 18.4 Å². The van der Waals surface area contributed by atoms with E-state index in [4.69, 9.17) is 4.74 Å². The molecule has 1 fully saturated rings. The highest BCUT2D eigenvalue weighted by atomic mass is 16.5. The van der Waals surface area contributed by atoms with Gasteiger partial charge in [-0.2, -0.15) is 0 Å². The first kappa shape index (κ1) is 16.9. The fourth-order valence-corrected chi connectivity index (χ4v) is 2.32. The van der Waals surface area contributed by atoms with Gasteiger partial charge in [0.15, 0.2) is 0 Å². The van der Waals surface area contributed by atoms with Crippen LogP contribution in [0, 0.1) is 0 Å². The summed E-state index contributed by atoms with van der Waals surface area (Å²) in [5.74, 6) is -0.621. The summed E-state index contributed by atoms with van der Waals surface area (Å²) in [5, 5.41) is 4.70. The molecule has 2 rings (SSSR count). The van der Waals surface area contributed by atoms with Crippen LogP contribution in [-0.4, -0.2) is 54.0 Å². The fourth-order valence-electron chi connectivity index (χ4n) is 2.32. The number of ether oxygens (including phenoxy) is 1. The second-order valence-corrected chi connectivity index (χ2v) is 5.23. The van der Waals surface area contributed by atoms with Gasteiger partial charge in [0.05, 0.1) is 6.61 Å². The summed E-state index contributed by atoms with van der Waals surface area (Å²) in [4.78, 5) is 41.3. The molecule has 0 spiro atoms. The number of imide groups is 1. The summed E-state index contributed by atoms with van der Waals surface area (Å²) in [6.07, 6.45) is 3.74. The first-order valence-corrected chi connectivity index (χ1v) is 7.37. The number of hydrogen-bond donors (Lipinski definition) is 2. The van der Waals surface area contributed by atoms with Crippen LogP contribution in [0.2, 0.25) is 0 Å². The molecule has 0 unspecified atom stereocenters. The van der Waals surface area contributed by atoms with Gasteiger partial charge in [-0.1, -0.05) is 6.07 Å². The molecule has 0 saturated carbocycles. The molecular formula is C15H20N4O4. The Morgan fingerprint density at radius 1 is 1.48 bits per heavy atom. The van der Waals surface area contributed by atoms with E-state index in [1.54, 1.807) is 30.5 Å². The molecule has 1 aromatic rings. The van der Waals surface area contributed by atoms with Gasteiger partial charge >= 0.3 is 6.03 Å². The lowest BCUT2D eigenvalue weighted by atomic mass is 10.1. The highest BCUT2D eigenvalue weighted by Gasteiger charge is 2.29. The molecule has 1 aliphatic rings. The normalized spacial score (nSPS) is 17.9. The number of methoxy groups -OCH3 is 1. The lowest BCUT2D eigenvalue weighted by Crippen LogP contribution is -2.50. The maximum Gasteiger partial charge on any atom is 0.322 e. The van der Waals surface area contributed by atoms with E-state index in [1.807, 2.05) is 6.07 Å². The van der Waals surface area contributed by atoms with Crippen molar-refractivity contribution in [3.05, 3.63) is 30.1 Å². The number of pyridine rings is 1. The fraction of sp³-hybridized carbons (Fsp3) is 0.467. The number of rotatable bonds is 6. The molecule has 8 heteroatoms. The predicted octanol–water partition coefficient (Wildman–Crippen LogP) is 0.0448. The van der Waals surface area contributed by atoms with Crippen molar-refractivity contribution < 1.29 is 19.1 Å². The van der Waals surface area contributed by atoms with E-state index in [9.17, 15) is 14.4 Å². The molecule has 0 aliphatic carbocycles. The van der Waals surface area contributed by atoms with Crippen molar-refractivity contribution in [3.63, 3.8) is 0 Å². The van der Waals surface area contributed by atoms with E-state index < -0.39 is 12.1 Å². The summed E-state index contributed by atoms with van der Waals surface area (Å²) in [7, 11) is 1.56. The van der Waals surface area contributed by atoms with Crippen molar-refractivity contribution in [1.82, 2.24) is 20.5 Å². The van der Waals surface area contributed by atoms with Gasteiger partial charge in [-0.15, -0.1) is 0 Å². The minimum atomic E-state index is -0.727. The summed E-state index contributed by atoms with van der Waals surface area (Å²) in [5.41, 5.74) is 0.881. The monoisotopic (exact) mass is 320 g/mol. The first-order chi connectivity index (χ1) is 11.1. The maximum atomic E-state index is 12.7. The summed E-state index contributed by atoms with van der Waals surface area (Å²) >= 11 is 0. The average molecular weight is 320 g/mol. The molecule has 0 radical (unpaired) electrons. The number of nitrogens with zero attached hydrogens (tertiary/aromatic N) is 2. The second-order valence-electron chi connectivity index (χ2n) is 5.23. The van der Waals surface area contributed by atoms with Gasteiger partial charge in [-0.3, -0.25) is 19.9 Å². The van der Waals surface area contributed by atoms with Crippen LogP contribution in [0.25, 0.3) is 0 Å². The zero-order chi connectivity index (χ0) is 16.7. The van der Waals surface area contributed by atoms with Crippen LogP contribution in [-0.2, 0) is 20.9 Å². The Hall–Kier alpha value is -2.48. The lowest BCUT2D eigenvalue weighted by molar-refractivity contribution is -0.134. The Labute approximate surface area is 134 Å². The predicted molar refractivity (Wildman–Crippen MR) is 81.2 cm³/mol. The van der Waals surface area contributed by atoms with E-state index in [2.05, 4.69) is 15.6 Å². The highest BCUT2D eigenvalue weighted by molar-refractivity contribution is 5.98.